The van der Waals surface area contributed by atoms with Gasteiger partial charge < -0.3 is 20.3 Å². The van der Waals surface area contributed by atoms with Gasteiger partial charge in [0.25, 0.3) is 0 Å². The predicted octanol–water partition coefficient (Wildman–Crippen LogP) is 0.0189. The van der Waals surface area contributed by atoms with E-state index in [1.807, 2.05) is 0 Å². The number of hydrogen-bond donors (Lipinski definition) is 2. The number of carbonyl (C=O) groups excluding carboxylic acids is 2. The van der Waals surface area contributed by atoms with Crippen molar-refractivity contribution in [2.24, 2.45) is 5.92 Å². The zero-order chi connectivity index (χ0) is 14.1. The number of esters is 1. The molecule has 1 rings (SSSR count). The molecule has 1 heterocycles. The molecule has 0 unspecified atom stereocenters. The van der Waals surface area contributed by atoms with Gasteiger partial charge in [-0.25, -0.2) is 0 Å². The van der Waals surface area contributed by atoms with Crippen LogP contribution < -0.4 is 10.6 Å². The van der Waals surface area contributed by atoms with E-state index < -0.39 is 0 Å². The van der Waals surface area contributed by atoms with Crippen molar-refractivity contribution in [3.63, 3.8) is 0 Å². The van der Waals surface area contributed by atoms with E-state index in [-0.39, 0.29) is 30.2 Å². The predicted molar refractivity (Wildman–Crippen MR) is 80.0 cm³/mol. The van der Waals surface area contributed by atoms with E-state index >= 15 is 0 Å². The van der Waals surface area contributed by atoms with Crippen molar-refractivity contribution >= 4 is 24.3 Å². The second kappa shape index (κ2) is 10.9. The Balaban J connectivity index is 0.00000361. The second-order valence-corrected chi connectivity index (χ2v) is 4.87. The summed E-state index contributed by atoms with van der Waals surface area (Å²) >= 11 is 0. The largest absolute Gasteiger partial charge is 0.469 e. The first kappa shape index (κ1) is 19.1. The Labute approximate surface area is 127 Å². The maximum Gasteiger partial charge on any atom is 0.308 e. The average molecular weight is 308 g/mol. The highest BCUT2D eigenvalue weighted by molar-refractivity contribution is 5.85. The van der Waals surface area contributed by atoms with Crippen molar-refractivity contribution in [2.45, 2.75) is 19.3 Å². The van der Waals surface area contributed by atoms with E-state index in [1.54, 1.807) is 7.05 Å². The first-order valence-electron chi connectivity index (χ1n) is 6.89. The number of piperidine rings is 1. The van der Waals surface area contributed by atoms with Crippen molar-refractivity contribution in [1.29, 1.82) is 0 Å². The standard InChI is InChI=1S/C13H25N3O3.ClH/c1-14-10-12(17)15-6-3-7-16-8-4-11(5-9-16)13(18)19-2;/h11,14H,3-10H2,1-2H3,(H,15,17);1H. The number of nitrogens with one attached hydrogen (secondary N) is 2. The highest BCUT2D eigenvalue weighted by atomic mass is 35.5. The van der Waals surface area contributed by atoms with Crippen LogP contribution in [0.5, 0.6) is 0 Å². The van der Waals surface area contributed by atoms with Gasteiger partial charge in [-0.15, -0.1) is 12.4 Å². The molecule has 0 atom stereocenters. The lowest BCUT2D eigenvalue weighted by Crippen LogP contribution is -2.39. The van der Waals surface area contributed by atoms with Crippen LogP contribution in [0.2, 0.25) is 0 Å². The van der Waals surface area contributed by atoms with Gasteiger partial charge in [-0.05, 0) is 45.9 Å². The monoisotopic (exact) mass is 307 g/mol. The molecule has 0 spiro atoms. The fourth-order valence-corrected chi connectivity index (χ4v) is 2.31. The van der Waals surface area contributed by atoms with Gasteiger partial charge in [0.2, 0.25) is 5.91 Å². The number of likely N-dealkylation sites (N-methyl/N-ethyl adjacent to an activating group) is 1. The zero-order valence-electron chi connectivity index (χ0n) is 12.3. The smallest absolute Gasteiger partial charge is 0.308 e. The molecule has 1 aliphatic heterocycles. The van der Waals surface area contributed by atoms with Crippen LogP contribution in [0.25, 0.3) is 0 Å². The van der Waals surface area contributed by atoms with E-state index in [0.717, 1.165) is 38.9 Å². The fraction of sp³-hybridized carbons (Fsp3) is 0.846. The van der Waals surface area contributed by atoms with Gasteiger partial charge in [-0.3, -0.25) is 9.59 Å². The van der Waals surface area contributed by atoms with E-state index in [4.69, 9.17) is 4.74 Å². The second-order valence-electron chi connectivity index (χ2n) is 4.87. The molecular formula is C13H26ClN3O3. The molecule has 0 saturated carbocycles. The van der Waals surface area contributed by atoms with Gasteiger partial charge in [-0.1, -0.05) is 0 Å². The van der Waals surface area contributed by atoms with E-state index in [0.29, 0.717) is 13.1 Å². The molecule has 6 nitrogen and oxygen atoms in total. The van der Waals surface area contributed by atoms with Crippen LogP contribution in [0.1, 0.15) is 19.3 Å². The molecular weight excluding hydrogens is 282 g/mol. The molecule has 118 valence electrons. The molecule has 7 heteroatoms. The van der Waals surface area contributed by atoms with Crippen LogP contribution in [0.15, 0.2) is 0 Å². The Hall–Kier alpha value is -0.850. The summed E-state index contributed by atoms with van der Waals surface area (Å²) in [5, 5.41) is 5.67. The third kappa shape index (κ3) is 7.07. The molecule has 2 N–H and O–H groups in total. The van der Waals surface area contributed by atoms with Crippen molar-refractivity contribution < 1.29 is 14.3 Å². The van der Waals surface area contributed by atoms with Crippen molar-refractivity contribution in [3.05, 3.63) is 0 Å². The summed E-state index contributed by atoms with van der Waals surface area (Å²) in [4.78, 5) is 24.9. The molecule has 0 bridgehead atoms. The van der Waals surface area contributed by atoms with Crippen LogP contribution in [-0.2, 0) is 14.3 Å². The average Bonchev–Trinajstić information content (AvgIpc) is 2.44. The normalized spacial score (nSPS) is 16.3. The third-order valence-corrected chi connectivity index (χ3v) is 3.43. The minimum atomic E-state index is -0.0843. The molecule has 1 amide bonds. The van der Waals surface area contributed by atoms with E-state index in [9.17, 15) is 9.59 Å². The van der Waals surface area contributed by atoms with Gasteiger partial charge in [0.05, 0.1) is 19.6 Å². The van der Waals surface area contributed by atoms with Crippen LogP contribution in [-0.4, -0.2) is 63.7 Å². The number of carbonyl (C=O) groups is 2. The van der Waals surface area contributed by atoms with Gasteiger partial charge >= 0.3 is 5.97 Å². The summed E-state index contributed by atoms with van der Waals surface area (Å²) in [6.07, 6.45) is 2.69. The summed E-state index contributed by atoms with van der Waals surface area (Å²) in [6, 6.07) is 0. The molecule has 0 aliphatic carbocycles. The molecule has 1 fully saturated rings. The topological polar surface area (TPSA) is 70.7 Å². The van der Waals surface area contributed by atoms with Gasteiger partial charge in [0.1, 0.15) is 0 Å². The van der Waals surface area contributed by atoms with Gasteiger partial charge in [0, 0.05) is 6.54 Å². The minimum absolute atomic E-state index is 0. The number of ether oxygens (including phenoxy) is 1. The summed E-state index contributed by atoms with van der Waals surface area (Å²) < 4.78 is 4.76. The zero-order valence-corrected chi connectivity index (χ0v) is 13.1. The van der Waals surface area contributed by atoms with Crippen LogP contribution in [0.3, 0.4) is 0 Å². The Morgan fingerprint density at radius 2 is 1.95 bits per heavy atom. The molecule has 1 saturated heterocycles. The van der Waals surface area contributed by atoms with Crippen LogP contribution in [0, 0.1) is 5.92 Å². The minimum Gasteiger partial charge on any atom is -0.469 e. The summed E-state index contributed by atoms with van der Waals surface area (Å²) in [5.41, 5.74) is 0. The highest BCUT2D eigenvalue weighted by Crippen LogP contribution is 2.18. The number of likely N-dealkylation sites (tertiary alicyclic amines) is 1. The number of amides is 1. The van der Waals surface area contributed by atoms with E-state index in [2.05, 4.69) is 15.5 Å². The van der Waals surface area contributed by atoms with Gasteiger partial charge in [-0.2, -0.15) is 0 Å². The summed E-state index contributed by atoms with van der Waals surface area (Å²) in [6.45, 7) is 3.91. The summed E-state index contributed by atoms with van der Waals surface area (Å²) in [7, 11) is 3.20. The first-order valence-corrected chi connectivity index (χ1v) is 6.89. The number of nitrogens with zero attached hydrogens (tertiary/aromatic N) is 1. The van der Waals surface area contributed by atoms with Crippen LogP contribution >= 0.6 is 12.4 Å². The van der Waals surface area contributed by atoms with Crippen molar-refractivity contribution in [3.8, 4) is 0 Å². The fourth-order valence-electron chi connectivity index (χ4n) is 2.31. The lowest BCUT2D eigenvalue weighted by molar-refractivity contribution is -0.147. The van der Waals surface area contributed by atoms with Gasteiger partial charge in [0.15, 0.2) is 0 Å². The number of halogens is 1. The SMILES string of the molecule is CNCC(=O)NCCCN1CCC(C(=O)OC)CC1.Cl. The van der Waals surface area contributed by atoms with E-state index in [1.165, 1.54) is 7.11 Å². The summed E-state index contributed by atoms with van der Waals surface area (Å²) in [5.74, 6) is 0.0162. The molecule has 0 aromatic carbocycles. The maximum absolute atomic E-state index is 11.4. The third-order valence-electron chi connectivity index (χ3n) is 3.43. The number of hydrogen-bond acceptors (Lipinski definition) is 5. The molecule has 1 aliphatic rings. The Bertz CT molecular complexity index is 295. The molecule has 0 radical (unpaired) electrons. The first-order chi connectivity index (χ1) is 9.17. The Kier molecular flexibility index (Phi) is 10.4. The Morgan fingerprint density at radius 3 is 2.50 bits per heavy atom. The van der Waals surface area contributed by atoms with Crippen molar-refractivity contribution in [2.75, 3.05) is 46.9 Å². The molecule has 0 aromatic rings. The Morgan fingerprint density at radius 1 is 1.30 bits per heavy atom. The lowest BCUT2D eigenvalue weighted by atomic mass is 9.97. The molecule has 0 aromatic heterocycles. The van der Waals surface area contributed by atoms with Crippen molar-refractivity contribution in [1.82, 2.24) is 15.5 Å². The number of rotatable bonds is 7. The quantitative estimate of drug-likeness (QED) is 0.512. The number of methoxy groups -OCH3 is 1. The molecule has 20 heavy (non-hydrogen) atoms. The van der Waals surface area contributed by atoms with Crippen LogP contribution in [0.4, 0.5) is 0 Å². The highest BCUT2D eigenvalue weighted by Gasteiger charge is 2.24. The maximum atomic E-state index is 11.4. The lowest BCUT2D eigenvalue weighted by Gasteiger charge is -2.30.